The average molecular weight is 241 g/mol. The van der Waals surface area contributed by atoms with Crippen molar-refractivity contribution in [2.75, 3.05) is 5.73 Å². The maximum atomic E-state index is 5.85. The number of nitrogens with zero attached hydrogens (tertiary/aromatic N) is 4. The van der Waals surface area contributed by atoms with Crippen LogP contribution in [0.2, 0.25) is 0 Å². The third kappa shape index (κ3) is 1.51. The number of fused-ring (bicyclic) bond motifs is 2. The first-order chi connectivity index (χ1) is 8.70. The fourth-order valence-corrected chi connectivity index (χ4v) is 2.15. The molecule has 2 N–H and O–H groups in total. The summed E-state index contributed by atoms with van der Waals surface area (Å²) in [6.45, 7) is 4.34. The predicted molar refractivity (Wildman–Crippen MR) is 72.2 cm³/mol. The van der Waals surface area contributed by atoms with Crippen LogP contribution in [0.5, 0.6) is 0 Å². The first-order valence-electron chi connectivity index (χ1n) is 6.07. The van der Waals surface area contributed by atoms with E-state index in [9.17, 15) is 0 Å². The number of imidazole rings is 1. The molecule has 92 valence electrons. The third-order valence-corrected chi connectivity index (χ3v) is 3.43. The highest BCUT2D eigenvalue weighted by atomic mass is 15.1. The Hall–Kier alpha value is -2.17. The second kappa shape index (κ2) is 3.94. The third-order valence-electron chi connectivity index (χ3n) is 3.43. The van der Waals surface area contributed by atoms with Gasteiger partial charge in [-0.2, -0.15) is 0 Å². The summed E-state index contributed by atoms with van der Waals surface area (Å²) in [5.41, 5.74) is 8.74. The van der Waals surface area contributed by atoms with E-state index in [2.05, 4.69) is 33.4 Å². The Labute approximate surface area is 105 Å². The van der Waals surface area contributed by atoms with Crippen LogP contribution >= 0.6 is 0 Å². The van der Waals surface area contributed by atoms with E-state index >= 15 is 0 Å². The fraction of sp³-hybridized carbons (Fsp3) is 0.308. The number of hydrogen-bond acceptors (Lipinski definition) is 4. The summed E-state index contributed by atoms with van der Waals surface area (Å²) in [6.07, 6.45) is 4.43. The van der Waals surface area contributed by atoms with E-state index in [1.165, 1.54) is 6.33 Å². The van der Waals surface area contributed by atoms with Gasteiger partial charge in [-0.05, 0) is 25.5 Å². The van der Waals surface area contributed by atoms with E-state index in [0.29, 0.717) is 11.9 Å². The summed E-state index contributed by atoms with van der Waals surface area (Å²) in [7, 11) is 0. The molecule has 0 fully saturated rings. The Morgan fingerprint density at radius 1 is 1.22 bits per heavy atom. The molecule has 1 atom stereocenters. The van der Waals surface area contributed by atoms with Gasteiger partial charge in [-0.3, -0.25) is 0 Å². The highest BCUT2D eigenvalue weighted by Crippen LogP contribution is 2.25. The number of rotatable bonds is 2. The van der Waals surface area contributed by atoms with Gasteiger partial charge >= 0.3 is 0 Å². The molecule has 0 saturated heterocycles. The van der Waals surface area contributed by atoms with E-state index in [4.69, 9.17) is 5.73 Å². The highest BCUT2D eigenvalue weighted by molar-refractivity contribution is 5.97. The van der Waals surface area contributed by atoms with Crippen molar-refractivity contribution in [1.29, 1.82) is 0 Å². The summed E-state index contributed by atoms with van der Waals surface area (Å²) in [5.74, 6) is 0.500. The van der Waals surface area contributed by atoms with Crippen molar-refractivity contribution in [3.63, 3.8) is 0 Å². The number of nitrogen functional groups attached to an aromatic ring is 1. The van der Waals surface area contributed by atoms with Gasteiger partial charge in [0.15, 0.2) is 0 Å². The molecule has 2 heterocycles. The van der Waals surface area contributed by atoms with Gasteiger partial charge in [0, 0.05) is 11.4 Å². The summed E-state index contributed by atoms with van der Waals surface area (Å²) >= 11 is 0. The zero-order valence-corrected chi connectivity index (χ0v) is 10.5. The number of aromatic nitrogens is 4. The van der Waals surface area contributed by atoms with E-state index in [1.54, 1.807) is 0 Å². The van der Waals surface area contributed by atoms with E-state index < -0.39 is 0 Å². The Balaban J connectivity index is 2.34. The molecule has 1 unspecified atom stereocenters. The minimum Gasteiger partial charge on any atom is -0.383 e. The molecule has 0 bridgehead atoms. The monoisotopic (exact) mass is 241 g/mol. The molecule has 0 amide bonds. The Bertz CT molecular complexity index is 716. The van der Waals surface area contributed by atoms with Gasteiger partial charge in [0.1, 0.15) is 12.1 Å². The molecular formula is C13H15N5. The number of hydrogen-bond donors (Lipinski definition) is 1. The lowest BCUT2D eigenvalue weighted by Crippen LogP contribution is -2.01. The molecule has 0 spiro atoms. The van der Waals surface area contributed by atoms with Crippen molar-refractivity contribution in [2.24, 2.45) is 0 Å². The van der Waals surface area contributed by atoms with Crippen LogP contribution in [0, 0.1) is 0 Å². The van der Waals surface area contributed by atoms with Crippen LogP contribution in [0.4, 0.5) is 5.82 Å². The fourth-order valence-electron chi connectivity index (χ4n) is 2.15. The summed E-state index contributed by atoms with van der Waals surface area (Å²) in [4.78, 5) is 12.7. The molecule has 0 aliphatic carbocycles. The van der Waals surface area contributed by atoms with Gasteiger partial charge in [0.2, 0.25) is 0 Å². The SMILES string of the molecule is CCC(C)n1cnc2cc3c(N)ncnc3cc21. The molecular weight excluding hydrogens is 226 g/mol. The lowest BCUT2D eigenvalue weighted by atomic mass is 10.2. The van der Waals surface area contributed by atoms with Crippen LogP contribution in [-0.4, -0.2) is 19.5 Å². The largest absolute Gasteiger partial charge is 0.383 e. The van der Waals surface area contributed by atoms with Crippen LogP contribution in [0.1, 0.15) is 26.3 Å². The number of nitrogens with two attached hydrogens (primary N) is 1. The molecule has 3 aromatic rings. The molecule has 0 aliphatic rings. The molecule has 1 aromatic carbocycles. The molecule has 5 heteroatoms. The van der Waals surface area contributed by atoms with Crippen LogP contribution in [0.15, 0.2) is 24.8 Å². The van der Waals surface area contributed by atoms with Crippen LogP contribution in [0.3, 0.4) is 0 Å². The van der Waals surface area contributed by atoms with Crippen LogP contribution < -0.4 is 5.73 Å². The maximum absolute atomic E-state index is 5.85. The van der Waals surface area contributed by atoms with E-state index in [1.807, 2.05) is 18.5 Å². The molecule has 18 heavy (non-hydrogen) atoms. The van der Waals surface area contributed by atoms with Crippen molar-refractivity contribution in [2.45, 2.75) is 26.3 Å². The molecule has 5 nitrogen and oxygen atoms in total. The normalized spacial score (nSPS) is 13.2. The highest BCUT2D eigenvalue weighted by Gasteiger charge is 2.10. The van der Waals surface area contributed by atoms with Crippen molar-refractivity contribution in [3.05, 3.63) is 24.8 Å². The smallest absolute Gasteiger partial charge is 0.134 e. The summed E-state index contributed by atoms with van der Waals surface area (Å²) < 4.78 is 2.17. The summed E-state index contributed by atoms with van der Waals surface area (Å²) in [5, 5.41) is 0.861. The number of anilines is 1. The van der Waals surface area contributed by atoms with Crippen LogP contribution in [-0.2, 0) is 0 Å². The molecule has 0 aliphatic heterocycles. The molecule has 3 rings (SSSR count). The average Bonchev–Trinajstić information content (AvgIpc) is 2.79. The Morgan fingerprint density at radius 2 is 2.06 bits per heavy atom. The Kier molecular flexibility index (Phi) is 2.40. The lowest BCUT2D eigenvalue weighted by molar-refractivity contribution is 0.544. The summed E-state index contributed by atoms with van der Waals surface area (Å²) in [6, 6.07) is 4.41. The topological polar surface area (TPSA) is 69.6 Å². The van der Waals surface area contributed by atoms with E-state index in [0.717, 1.165) is 28.4 Å². The minimum atomic E-state index is 0.423. The second-order valence-corrected chi connectivity index (χ2v) is 4.53. The predicted octanol–water partition coefficient (Wildman–Crippen LogP) is 2.53. The van der Waals surface area contributed by atoms with Crippen molar-refractivity contribution in [3.8, 4) is 0 Å². The van der Waals surface area contributed by atoms with Gasteiger partial charge < -0.3 is 10.3 Å². The van der Waals surface area contributed by atoms with Crippen molar-refractivity contribution in [1.82, 2.24) is 19.5 Å². The quantitative estimate of drug-likeness (QED) is 0.748. The molecule has 0 radical (unpaired) electrons. The van der Waals surface area contributed by atoms with Gasteiger partial charge in [-0.1, -0.05) is 6.92 Å². The standard InChI is InChI=1S/C13H15N5/c1-3-8(2)18-7-17-11-4-9-10(5-12(11)18)15-6-16-13(9)14/h4-8H,3H2,1-2H3,(H2,14,15,16). The van der Waals surface area contributed by atoms with Crippen molar-refractivity contribution < 1.29 is 0 Å². The Morgan fingerprint density at radius 3 is 2.83 bits per heavy atom. The first kappa shape index (κ1) is 11.0. The zero-order valence-electron chi connectivity index (χ0n) is 10.5. The van der Waals surface area contributed by atoms with E-state index in [-0.39, 0.29) is 0 Å². The van der Waals surface area contributed by atoms with Gasteiger partial charge in [-0.15, -0.1) is 0 Å². The first-order valence-corrected chi connectivity index (χ1v) is 6.07. The van der Waals surface area contributed by atoms with Crippen molar-refractivity contribution >= 4 is 27.8 Å². The van der Waals surface area contributed by atoms with Crippen LogP contribution in [0.25, 0.3) is 21.9 Å². The minimum absolute atomic E-state index is 0.423. The maximum Gasteiger partial charge on any atom is 0.134 e. The molecule has 2 aromatic heterocycles. The lowest BCUT2D eigenvalue weighted by Gasteiger charge is -2.11. The van der Waals surface area contributed by atoms with Gasteiger partial charge in [0.25, 0.3) is 0 Å². The molecule has 0 saturated carbocycles. The van der Waals surface area contributed by atoms with Gasteiger partial charge in [0.05, 0.1) is 22.9 Å². The second-order valence-electron chi connectivity index (χ2n) is 4.53. The zero-order chi connectivity index (χ0) is 12.7. The number of benzene rings is 1. The van der Waals surface area contributed by atoms with Gasteiger partial charge in [-0.25, -0.2) is 15.0 Å².